The lowest BCUT2D eigenvalue weighted by atomic mass is 9.68. The number of phenols is 1. The van der Waals surface area contributed by atoms with E-state index in [0.29, 0.717) is 30.6 Å². The number of terminal acetylenes is 1. The first kappa shape index (κ1) is 37.6. The molecule has 292 valence electrons. The molecule has 13 heteroatoms. The fourth-order valence-corrected chi connectivity index (χ4v) is 9.68. The molecule has 2 aliphatic carbocycles. The Labute approximate surface area is 319 Å². The van der Waals surface area contributed by atoms with Gasteiger partial charge in [-0.05, 0) is 95.3 Å². The van der Waals surface area contributed by atoms with Crippen LogP contribution < -0.4 is 14.4 Å². The van der Waals surface area contributed by atoms with Crippen molar-refractivity contribution < 1.29 is 38.3 Å². The zero-order chi connectivity index (χ0) is 38.9. The molecule has 2 aliphatic heterocycles. The molecule has 2 aromatic carbocycles. The second-order valence-electron chi connectivity index (χ2n) is 16.8. The van der Waals surface area contributed by atoms with Gasteiger partial charge in [0.15, 0.2) is 5.82 Å². The van der Waals surface area contributed by atoms with Crippen molar-refractivity contribution in [1.29, 1.82) is 0 Å². The summed E-state index contributed by atoms with van der Waals surface area (Å²) in [5.74, 6) is 1.16. The van der Waals surface area contributed by atoms with E-state index in [1.807, 2.05) is 13.8 Å². The number of fused-ring (bicyclic) bond motifs is 3. The summed E-state index contributed by atoms with van der Waals surface area (Å²) in [6, 6.07) is 6.07. The lowest BCUT2D eigenvalue weighted by Gasteiger charge is -2.55. The summed E-state index contributed by atoms with van der Waals surface area (Å²) in [7, 11) is 1.40. The number of aliphatic hydroxyl groups is 2. The molecule has 4 aliphatic rings. The molecule has 11 nitrogen and oxygen atoms in total. The van der Waals surface area contributed by atoms with Crippen molar-refractivity contribution in [2.24, 2.45) is 11.3 Å². The number of aromatic nitrogens is 3. The van der Waals surface area contributed by atoms with Crippen LogP contribution in [-0.4, -0.2) is 105 Å². The quantitative estimate of drug-likeness (QED) is 0.184. The Balaban J connectivity index is 1.24. The maximum absolute atomic E-state index is 17.3. The minimum Gasteiger partial charge on any atom is -0.508 e. The van der Waals surface area contributed by atoms with Gasteiger partial charge in [-0.1, -0.05) is 18.4 Å². The Morgan fingerprint density at radius 3 is 2.62 bits per heavy atom. The maximum atomic E-state index is 17.3. The first-order valence-corrected chi connectivity index (χ1v) is 19.3. The Morgan fingerprint density at radius 1 is 1.09 bits per heavy atom. The van der Waals surface area contributed by atoms with Gasteiger partial charge in [-0.25, -0.2) is 13.8 Å². The average Bonchev–Trinajstić information content (AvgIpc) is 3.47. The van der Waals surface area contributed by atoms with Crippen LogP contribution in [-0.2, 0) is 4.74 Å². The fraction of sp³-hybridized carbons (Fsp3) is 0.548. The standard InChI is InChI=1S/C42H49F2N5O6/c1-6-28-30(43)11-10-24-17-27(50)20-29(32(24)28)35-34(44)36-33(38(45-35)53-5)37(48-15-16-54-22-41(4,52)21-48)47-39(46-36)55-23-42-12-7-9-31(42)49(14-8-13-42)26-18-25(19-26)40(2,3)51/h1,10-11,17,20,25-26,31,50-52H,7-9,12-16,18-19,21-23H2,2-5H3. The molecular formula is C42H49F2N5O6. The summed E-state index contributed by atoms with van der Waals surface area (Å²) in [5.41, 5.74) is -2.54. The highest BCUT2D eigenvalue weighted by molar-refractivity contribution is 6.04. The normalized spacial score (nSPS) is 27.4. The van der Waals surface area contributed by atoms with E-state index in [4.69, 9.17) is 30.6 Å². The molecule has 2 saturated heterocycles. The minimum atomic E-state index is -1.25. The van der Waals surface area contributed by atoms with E-state index in [-0.39, 0.29) is 87.7 Å². The number of pyridine rings is 1. The van der Waals surface area contributed by atoms with Gasteiger partial charge in [-0.2, -0.15) is 9.97 Å². The fourth-order valence-electron chi connectivity index (χ4n) is 9.68. The van der Waals surface area contributed by atoms with Crippen LogP contribution >= 0.6 is 0 Å². The number of likely N-dealkylation sites (tertiary alicyclic amines) is 1. The number of ether oxygens (including phenoxy) is 3. The number of nitrogens with zero attached hydrogens (tertiary/aromatic N) is 5. The van der Waals surface area contributed by atoms with Crippen LogP contribution in [0.15, 0.2) is 24.3 Å². The molecule has 0 spiro atoms. The van der Waals surface area contributed by atoms with Crippen molar-refractivity contribution in [3.63, 3.8) is 0 Å². The van der Waals surface area contributed by atoms with Gasteiger partial charge < -0.3 is 34.4 Å². The number of hydrogen-bond acceptors (Lipinski definition) is 11. The molecule has 3 N–H and O–H groups in total. The van der Waals surface area contributed by atoms with Crippen molar-refractivity contribution in [1.82, 2.24) is 19.9 Å². The van der Waals surface area contributed by atoms with Gasteiger partial charge in [0.2, 0.25) is 5.88 Å². The van der Waals surface area contributed by atoms with Crippen molar-refractivity contribution >= 4 is 27.5 Å². The number of aromatic hydroxyl groups is 1. The molecule has 2 saturated carbocycles. The number of phenolic OH excluding ortho intramolecular Hbond substituents is 1. The van der Waals surface area contributed by atoms with Crippen LogP contribution in [0.25, 0.3) is 32.9 Å². The van der Waals surface area contributed by atoms with Gasteiger partial charge in [0.05, 0.1) is 44.6 Å². The largest absolute Gasteiger partial charge is 0.508 e. The van der Waals surface area contributed by atoms with Crippen molar-refractivity contribution in [3.05, 3.63) is 41.5 Å². The van der Waals surface area contributed by atoms with E-state index in [1.54, 1.807) is 11.8 Å². The first-order chi connectivity index (χ1) is 26.2. The number of hydrogen-bond donors (Lipinski definition) is 3. The molecule has 0 radical (unpaired) electrons. The van der Waals surface area contributed by atoms with Crippen molar-refractivity contribution in [3.8, 4) is 41.2 Å². The molecule has 2 aromatic heterocycles. The third-order valence-electron chi connectivity index (χ3n) is 12.5. The smallest absolute Gasteiger partial charge is 0.319 e. The Bertz CT molecular complexity index is 2180. The molecule has 4 aromatic rings. The molecule has 8 rings (SSSR count). The highest BCUT2D eigenvalue weighted by Gasteiger charge is 2.53. The molecule has 0 bridgehead atoms. The molecular weight excluding hydrogens is 708 g/mol. The van der Waals surface area contributed by atoms with Gasteiger partial charge >= 0.3 is 6.01 Å². The summed E-state index contributed by atoms with van der Waals surface area (Å²) in [6.45, 7) is 7.61. The maximum Gasteiger partial charge on any atom is 0.319 e. The van der Waals surface area contributed by atoms with Gasteiger partial charge in [0.1, 0.15) is 39.6 Å². The number of rotatable bonds is 8. The summed E-state index contributed by atoms with van der Waals surface area (Å²) >= 11 is 0. The summed E-state index contributed by atoms with van der Waals surface area (Å²) in [4.78, 5) is 18.6. The first-order valence-electron chi connectivity index (χ1n) is 19.3. The summed E-state index contributed by atoms with van der Waals surface area (Å²) < 4.78 is 50.5. The zero-order valence-corrected chi connectivity index (χ0v) is 31.9. The molecule has 3 unspecified atom stereocenters. The molecule has 4 heterocycles. The number of β-amino-alcohol motifs (C(OH)–C–C–N with tert-alkyl or cyclic N) is 1. The van der Waals surface area contributed by atoms with Crippen LogP contribution in [0.5, 0.6) is 17.6 Å². The van der Waals surface area contributed by atoms with Crippen molar-refractivity contribution in [2.75, 3.05) is 51.5 Å². The number of halogens is 2. The number of piperidine rings is 1. The predicted molar refractivity (Wildman–Crippen MR) is 204 cm³/mol. The van der Waals surface area contributed by atoms with E-state index >= 15 is 8.78 Å². The minimum absolute atomic E-state index is 0.0184. The van der Waals surface area contributed by atoms with E-state index in [9.17, 15) is 15.3 Å². The van der Waals surface area contributed by atoms with Gasteiger partial charge in [0, 0.05) is 35.0 Å². The van der Waals surface area contributed by atoms with Crippen LogP contribution in [0.1, 0.15) is 71.3 Å². The molecule has 3 atom stereocenters. The van der Waals surface area contributed by atoms with E-state index < -0.39 is 22.8 Å². The highest BCUT2D eigenvalue weighted by atomic mass is 19.1. The SMILES string of the molecule is C#Cc1c(F)ccc2cc(O)cc(-c3nc(OC)c4c(N5CCOCC(C)(O)C5)nc(OCC56CCCC5N(C5CC(C(C)(C)O)C5)CCC6)nc4c3F)c12. The average molecular weight is 758 g/mol. The lowest BCUT2D eigenvalue weighted by Crippen LogP contribution is -2.60. The van der Waals surface area contributed by atoms with E-state index in [1.165, 1.54) is 31.4 Å². The molecule has 0 amide bonds. The Hall–Kier alpha value is -4.35. The number of benzene rings is 2. The van der Waals surface area contributed by atoms with E-state index in [0.717, 1.165) is 51.5 Å². The second kappa shape index (κ2) is 14.0. The monoisotopic (exact) mass is 757 g/mol. The summed E-state index contributed by atoms with van der Waals surface area (Å²) in [6.07, 6.45) is 12.8. The van der Waals surface area contributed by atoms with Crippen LogP contribution in [0, 0.1) is 35.3 Å². The van der Waals surface area contributed by atoms with Gasteiger partial charge in [0.25, 0.3) is 0 Å². The van der Waals surface area contributed by atoms with Crippen LogP contribution in [0.2, 0.25) is 0 Å². The van der Waals surface area contributed by atoms with Gasteiger partial charge in [-0.15, -0.1) is 6.42 Å². The second-order valence-corrected chi connectivity index (χ2v) is 16.8. The van der Waals surface area contributed by atoms with Crippen LogP contribution in [0.4, 0.5) is 14.6 Å². The Kier molecular flexibility index (Phi) is 9.56. The Morgan fingerprint density at radius 2 is 1.87 bits per heavy atom. The lowest BCUT2D eigenvalue weighted by molar-refractivity contribution is -0.0970. The third-order valence-corrected chi connectivity index (χ3v) is 12.5. The topological polar surface area (TPSA) is 134 Å². The summed E-state index contributed by atoms with van der Waals surface area (Å²) in [5, 5.41) is 33.3. The third kappa shape index (κ3) is 6.71. The molecule has 4 fully saturated rings. The zero-order valence-electron chi connectivity index (χ0n) is 31.9. The van der Waals surface area contributed by atoms with Crippen molar-refractivity contribution in [2.45, 2.75) is 89.0 Å². The predicted octanol–water partition coefficient (Wildman–Crippen LogP) is 5.97. The molecule has 55 heavy (non-hydrogen) atoms. The highest BCUT2D eigenvalue weighted by Crippen LogP contribution is 2.52. The van der Waals surface area contributed by atoms with E-state index in [2.05, 4.69) is 15.8 Å². The number of methoxy groups -OCH3 is 1. The number of anilines is 1. The van der Waals surface area contributed by atoms with Gasteiger partial charge in [-0.3, -0.25) is 4.90 Å². The van der Waals surface area contributed by atoms with Crippen LogP contribution in [0.3, 0.4) is 0 Å².